The first kappa shape index (κ1) is 18.4. The molecular formula is C23H25N3O2. The lowest BCUT2D eigenvalue weighted by molar-refractivity contribution is 0.0677. The van der Waals surface area contributed by atoms with E-state index in [9.17, 15) is 4.79 Å². The van der Waals surface area contributed by atoms with E-state index >= 15 is 0 Å². The number of fused-ring (bicyclic) bond motifs is 1. The van der Waals surface area contributed by atoms with Gasteiger partial charge in [-0.15, -0.1) is 0 Å². The number of rotatable bonds is 6. The molecule has 1 aliphatic heterocycles. The van der Waals surface area contributed by atoms with Crippen molar-refractivity contribution in [1.29, 1.82) is 0 Å². The number of amides is 1. The van der Waals surface area contributed by atoms with Crippen LogP contribution in [-0.2, 0) is 11.2 Å². The minimum atomic E-state index is -0.168. The van der Waals surface area contributed by atoms with Gasteiger partial charge in [0.15, 0.2) is 0 Å². The van der Waals surface area contributed by atoms with E-state index in [-0.39, 0.29) is 11.9 Å². The Bertz CT molecular complexity index is 974. The smallest absolute Gasteiger partial charge is 0.273 e. The fraction of sp³-hybridized carbons (Fsp3) is 0.304. The predicted molar refractivity (Wildman–Crippen MR) is 109 cm³/mol. The van der Waals surface area contributed by atoms with Gasteiger partial charge in [-0.25, -0.2) is 0 Å². The zero-order chi connectivity index (χ0) is 19.7. The molecule has 1 N–H and O–H groups in total. The Balaban J connectivity index is 1.83. The Kier molecular flexibility index (Phi) is 5.01. The molecule has 0 bridgehead atoms. The van der Waals surface area contributed by atoms with Crippen LogP contribution in [0, 0.1) is 6.92 Å². The van der Waals surface area contributed by atoms with Crippen LogP contribution >= 0.6 is 0 Å². The Morgan fingerprint density at radius 3 is 2.46 bits per heavy atom. The number of nitrogens with one attached hydrogen (secondary N) is 1. The van der Waals surface area contributed by atoms with Crippen molar-refractivity contribution >= 4 is 5.91 Å². The Hall–Kier alpha value is -2.92. The molecule has 1 aliphatic rings. The standard InChI is InChI=1S/C23H25N3O2/c1-4-16-7-11-18(12-8-16)22-19-20(17-9-5-15(2)6-10-17)24-25-21(19)23(27)26(22)13-14-28-3/h5-12,22H,4,13-14H2,1-3H3,(H,24,25). The van der Waals surface area contributed by atoms with Crippen LogP contribution in [0.2, 0.25) is 0 Å². The molecule has 1 unspecified atom stereocenters. The predicted octanol–water partition coefficient (Wildman–Crippen LogP) is 4.14. The lowest BCUT2D eigenvalue weighted by atomic mass is 9.95. The van der Waals surface area contributed by atoms with E-state index in [4.69, 9.17) is 4.74 Å². The molecule has 1 atom stereocenters. The highest BCUT2D eigenvalue weighted by atomic mass is 16.5. The fourth-order valence-corrected chi connectivity index (χ4v) is 3.83. The molecule has 0 saturated heterocycles. The van der Waals surface area contributed by atoms with Gasteiger partial charge in [-0.2, -0.15) is 5.10 Å². The molecule has 0 fully saturated rings. The Morgan fingerprint density at radius 2 is 1.82 bits per heavy atom. The van der Waals surface area contributed by atoms with Gasteiger partial charge in [0.05, 0.1) is 18.3 Å². The number of H-pyrrole nitrogens is 1. The first-order valence-electron chi connectivity index (χ1n) is 9.68. The summed E-state index contributed by atoms with van der Waals surface area (Å²) in [7, 11) is 1.66. The van der Waals surface area contributed by atoms with E-state index in [1.54, 1.807) is 7.11 Å². The highest BCUT2D eigenvalue weighted by Crippen LogP contribution is 2.42. The number of carbonyl (C=O) groups excluding carboxylic acids is 1. The van der Waals surface area contributed by atoms with Gasteiger partial charge >= 0.3 is 0 Å². The molecule has 1 aromatic heterocycles. The molecule has 1 amide bonds. The van der Waals surface area contributed by atoms with Crippen molar-refractivity contribution in [3.8, 4) is 11.3 Å². The highest BCUT2D eigenvalue weighted by Gasteiger charge is 2.41. The topological polar surface area (TPSA) is 58.2 Å². The van der Waals surface area contributed by atoms with Crippen molar-refractivity contribution in [2.45, 2.75) is 26.3 Å². The second-order valence-corrected chi connectivity index (χ2v) is 7.22. The Morgan fingerprint density at radius 1 is 1.11 bits per heavy atom. The van der Waals surface area contributed by atoms with E-state index in [2.05, 4.69) is 72.6 Å². The largest absolute Gasteiger partial charge is 0.383 e. The summed E-state index contributed by atoms with van der Waals surface area (Å²) in [6.45, 7) is 5.23. The second kappa shape index (κ2) is 7.60. The molecule has 3 aromatic rings. The van der Waals surface area contributed by atoms with Crippen molar-refractivity contribution in [3.63, 3.8) is 0 Å². The number of nitrogens with zero attached hydrogens (tertiary/aromatic N) is 2. The van der Waals surface area contributed by atoms with Gasteiger partial charge in [0.25, 0.3) is 5.91 Å². The van der Waals surface area contributed by atoms with Gasteiger partial charge in [0.2, 0.25) is 0 Å². The van der Waals surface area contributed by atoms with Gasteiger partial charge in [-0.3, -0.25) is 9.89 Å². The van der Waals surface area contributed by atoms with Crippen molar-refractivity contribution in [2.24, 2.45) is 0 Å². The van der Waals surface area contributed by atoms with Crippen LogP contribution in [0.15, 0.2) is 48.5 Å². The molecule has 144 valence electrons. The molecule has 2 heterocycles. The molecule has 28 heavy (non-hydrogen) atoms. The van der Waals surface area contributed by atoms with Crippen molar-refractivity contribution in [1.82, 2.24) is 15.1 Å². The molecular weight excluding hydrogens is 350 g/mol. The first-order chi connectivity index (χ1) is 13.6. The van der Waals surface area contributed by atoms with Gasteiger partial charge < -0.3 is 9.64 Å². The normalized spacial score (nSPS) is 15.9. The molecule has 2 aromatic carbocycles. The summed E-state index contributed by atoms with van der Waals surface area (Å²) < 4.78 is 5.26. The maximum absolute atomic E-state index is 13.1. The van der Waals surface area contributed by atoms with Crippen LogP contribution in [0.4, 0.5) is 0 Å². The summed E-state index contributed by atoms with van der Waals surface area (Å²) in [6.07, 6.45) is 0.989. The van der Waals surface area contributed by atoms with Crippen LogP contribution in [0.5, 0.6) is 0 Å². The lowest BCUT2D eigenvalue weighted by Gasteiger charge is -2.26. The number of ether oxygens (including phenoxy) is 1. The summed E-state index contributed by atoms with van der Waals surface area (Å²) in [6, 6.07) is 16.6. The summed E-state index contributed by atoms with van der Waals surface area (Å²) in [5.41, 5.74) is 6.95. The highest BCUT2D eigenvalue weighted by molar-refractivity contribution is 6.00. The average Bonchev–Trinajstić information content (AvgIpc) is 3.26. The zero-order valence-corrected chi connectivity index (χ0v) is 16.5. The molecule has 0 radical (unpaired) electrons. The van der Waals surface area contributed by atoms with Crippen LogP contribution < -0.4 is 0 Å². The minimum Gasteiger partial charge on any atom is -0.383 e. The molecule has 0 spiro atoms. The number of hydrogen-bond acceptors (Lipinski definition) is 3. The number of carbonyl (C=O) groups is 1. The Labute approximate surface area is 165 Å². The number of aromatic amines is 1. The van der Waals surface area contributed by atoms with E-state index in [1.807, 2.05) is 4.90 Å². The first-order valence-corrected chi connectivity index (χ1v) is 9.68. The van der Waals surface area contributed by atoms with E-state index in [0.717, 1.165) is 28.8 Å². The van der Waals surface area contributed by atoms with Crippen LogP contribution in [-0.4, -0.2) is 41.3 Å². The third kappa shape index (κ3) is 3.12. The molecule has 0 aliphatic carbocycles. The van der Waals surface area contributed by atoms with Gasteiger partial charge in [0.1, 0.15) is 5.69 Å². The van der Waals surface area contributed by atoms with Crippen molar-refractivity contribution in [3.05, 3.63) is 76.5 Å². The van der Waals surface area contributed by atoms with Gasteiger partial charge in [-0.1, -0.05) is 61.0 Å². The minimum absolute atomic E-state index is 0.0255. The van der Waals surface area contributed by atoms with E-state index < -0.39 is 0 Å². The molecule has 0 saturated carbocycles. The number of aromatic nitrogens is 2. The number of benzene rings is 2. The number of aryl methyl sites for hydroxylation is 2. The summed E-state index contributed by atoms with van der Waals surface area (Å²) in [4.78, 5) is 15.0. The molecule has 5 heteroatoms. The maximum atomic E-state index is 13.1. The van der Waals surface area contributed by atoms with E-state index in [1.165, 1.54) is 11.1 Å². The number of hydrogen-bond donors (Lipinski definition) is 1. The average molecular weight is 375 g/mol. The third-order valence-electron chi connectivity index (χ3n) is 5.43. The van der Waals surface area contributed by atoms with Gasteiger partial charge in [0, 0.05) is 24.8 Å². The van der Waals surface area contributed by atoms with Crippen LogP contribution in [0.3, 0.4) is 0 Å². The number of methoxy groups -OCH3 is 1. The van der Waals surface area contributed by atoms with Gasteiger partial charge in [-0.05, 0) is 24.5 Å². The fourth-order valence-electron chi connectivity index (χ4n) is 3.83. The maximum Gasteiger partial charge on any atom is 0.273 e. The van der Waals surface area contributed by atoms with Crippen LogP contribution in [0.1, 0.15) is 45.7 Å². The SMILES string of the molecule is CCc1ccc(C2c3c(-c4ccc(C)cc4)n[nH]c3C(=O)N2CCOC)cc1. The van der Waals surface area contributed by atoms with E-state index in [0.29, 0.717) is 18.8 Å². The summed E-state index contributed by atoms with van der Waals surface area (Å²) in [5, 5.41) is 7.50. The monoisotopic (exact) mass is 375 g/mol. The third-order valence-corrected chi connectivity index (χ3v) is 5.43. The lowest BCUT2D eigenvalue weighted by Crippen LogP contribution is -2.32. The molecule has 5 nitrogen and oxygen atoms in total. The quantitative estimate of drug-likeness (QED) is 0.704. The second-order valence-electron chi connectivity index (χ2n) is 7.22. The van der Waals surface area contributed by atoms with Crippen LogP contribution in [0.25, 0.3) is 11.3 Å². The van der Waals surface area contributed by atoms with Crippen molar-refractivity contribution < 1.29 is 9.53 Å². The summed E-state index contributed by atoms with van der Waals surface area (Å²) >= 11 is 0. The zero-order valence-electron chi connectivity index (χ0n) is 16.5. The molecule has 4 rings (SSSR count). The van der Waals surface area contributed by atoms with Crippen molar-refractivity contribution in [2.75, 3.05) is 20.3 Å². The summed E-state index contributed by atoms with van der Waals surface area (Å²) in [5.74, 6) is -0.0255.